The first-order valence-electron chi connectivity index (χ1n) is 7.61. The van der Waals surface area contributed by atoms with E-state index in [0.717, 1.165) is 24.1 Å². The van der Waals surface area contributed by atoms with Crippen LogP contribution in [0, 0.1) is 11.3 Å². The molecule has 1 aliphatic rings. The van der Waals surface area contributed by atoms with Crippen LogP contribution >= 0.6 is 0 Å². The summed E-state index contributed by atoms with van der Waals surface area (Å²) in [4.78, 5) is 12.3. The van der Waals surface area contributed by atoms with Crippen molar-refractivity contribution in [3.63, 3.8) is 0 Å². The first-order valence-corrected chi connectivity index (χ1v) is 7.61. The van der Waals surface area contributed by atoms with Gasteiger partial charge in [0.25, 0.3) is 5.56 Å². The van der Waals surface area contributed by atoms with E-state index in [2.05, 4.69) is 12.1 Å². The van der Waals surface area contributed by atoms with Gasteiger partial charge in [0.2, 0.25) is 0 Å². The SMILES string of the molecule is N#Cc1ccc(-c2ccc3c(c2)CCCC3)n(CCO)c1=O. The zero-order valence-corrected chi connectivity index (χ0v) is 12.4. The van der Waals surface area contributed by atoms with Crippen LogP contribution in [0.25, 0.3) is 11.3 Å². The lowest BCUT2D eigenvalue weighted by Crippen LogP contribution is -2.25. The van der Waals surface area contributed by atoms with E-state index in [9.17, 15) is 9.90 Å². The van der Waals surface area contributed by atoms with Gasteiger partial charge in [-0.05, 0) is 60.6 Å². The fourth-order valence-electron chi connectivity index (χ4n) is 3.13. The van der Waals surface area contributed by atoms with E-state index >= 15 is 0 Å². The van der Waals surface area contributed by atoms with E-state index in [1.165, 1.54) is 28.5 Å². The van der Waals surface area contributed by atoms with Crippen molar-refractivity contribution in [1.82, 2.24) is 4.57 Å². The molecule has 3 rings (SSSR count). The van der Waals surface area contributed by atoms with Crippen molar-refractivity contribution in [3.8, 4) is 17.3 Å². The number of pyridine rings is 1. The normalized spacial score (nSPS) is 13.5. The van der Waals surface area contributed by atoms with Crippen molar-refractivity contribution in [2.24, 2.45) is 0 Å². The summed E-state index contributed by atoms with van der Waals surface area (Å²) in [6, 6.07) is 11.6. The van der Waals surface area contributed by atoms with Crippen LogP contribution in [-0.2, 0) is 19.4 Å². The number of aliphatic hydroxyl groups is 1. The fraction of sp³-hybridized carbons (Fsp3) is 0.333. The van der Waals surface area contributed by atoms with Gasteiger partial charge in [0.05, 0.1) is 12.3 Å². The van der Waals surface area contributed by atoms with Crippen LogP contribution in [0.5, 0.6) is 0 Å². The Morgan fingerprint density at radius 2 is 1.91 bits per heavy atom. The number of fused-ring (bicyclic) bond motifs is 1. The zero-order valence-electron chi connectivity index (χ0n) is 12.4. The first-order chi connectivity index (χ1) is 10.7. The fourth-order valence-corrected chi connectivity index (χ4v) is 3.13. The molecule has 4 heteroatoms. The third-order valence-corrected chi connectivity index (χ3v) is 4.26. The molecule has 0 saturated carbocycles. The minimum Gasteiger partial charge on any atom is -0.395 e. The van der Waals surface area contributed by atoms with Crippen molar-refractivity contribution < 1.29 is 5.11 Å². The number of aryl methyl sites for hydroxylation is 2. The molecule has 0 atom stereocenters. The molecule has 0 bridgehead atoms. The maximum Gasteiger partial charge on any atom is 0.269 e. The highest BCUT2D eigenvalue weighted by atomic mass is 16.3. The molecule has 0 unspecified atom stereocenters. The van der Waals surface area contributed by atoms with E-state index in [1.807, 2.05) is 12.1 Å². The number of nitriles is 1. The van der Waals surface area contributed by atoms with Crippen LogP contribution in [-0.4, -0.2) is 16.3 Å². The number of benzene rings is 1. The minimum atomic E-state index is -0.341. The lowest BCUT2D eigenvalue weighted by molar-refractivity contribution is 0.275. The number of aromatic nitrogens is 1. The van der Waals surface area contributed by atoms with E-state index in [-0.39, 0.29) is 24.3 Å². The van der Waals surface area contributed by atoms with Crippen molar-refractivity contribution in [3.05, 3.63) is 57.4 Å². The highest BCUT2D eigenvalue weighted by Crippen LogP contribution is 2.27. The van der Waals surface area contributed by atoms with Crippen LogP contribution in [0.1, 0.15) is 29.5 Å². The predicted molar refractivity (Wildman–Crippen MR) is 84.6 cm³/mol. The smallest absolute Gasteiger partial charge is 0.269 e. The number of nitrogens with zero attached hydrogens (tertiary/aromatic N) is 2. The Hall–Kier alpha value is -2.38. The molecule has 0 radical (unpaired) electrons. The summed E-state index contributed by atoms with van der Waals surface area (Å²) in [6.07, 6.45) is 4.63. The number of hydrogen-bond donors (Lipinski definition) is 1. The van der Waals surface area contributed by atoms with Crippen molar-refractivity contribution in [2.45, 2.75) is 32.2 Å². The largest absolute Gasteiger partial charge is 0.395 e. The van der Waals surface area contributed by atoms with Crippen molar-refractivity contribution >= 4 is 0 Å². The minimum absolute atomic E-state index is 0.107. The van der Waals surface area contributed by atoms with Crippen LogP contribution in [0.15, 0.2) is 35.1 Å². The van der Waals surface area contributed by atoms with Gasteiger partial charge >= 0.3 is 0 Å². The summed E-state index contributed by atoms with van der Waals surface area (Å²) in [5, 5.41) is 18.2. The summed E-state index contributed by atoms with van der Waals surface area (Å²) in [6.45, 7) is 0.0630. The molecule has 22 heavy (non-hydrogen) atoms. The summed E-state index contributed by atoms with van der Waals surface area (Å²) in [5.41, 5.74) is 4.22. The topological polar surface area (TPSA) is 66.0 Å². The van der Waals surface area contributed by atoms with Crippen LogP contribution in [0.3, 0.4) is 0 Å². The summed E-state index contributed by atoms with van der Waals surface area (Å²) in [5.74, 6) is 0. The Labute approximate surface area is 129 Å². The molecule has 1 heterocycles. The van der Waals surface area contributed by atoms with E-state index in [4.69, 9.17) is 5.26 Å². The highest BCUT2D eigenvalue weighted by molar-refractivity contribution is 5.62. The summed E-state index contributed by atoms with van der Waals surface area (Å²) < 4.78 is 1.49. The molecular weight excluding hydrogens is 276 g/mol. The van der Waals surface area contributed by atoms with Crippen LogP contribution in [0.4, 0.5) is 0 Å². The number of rotatable bonds is 3. The molecule has 1 aromatic carbocycles. The Morgan fingerprint density at radius 3 is 2.64 bits per heavy atom. The van der Waals surface area contributed by atoms with Crippen LogP contribution < -0.4 is 5.56 Å². The maximum atomic E-state index is 12.3. The molecule has 4 nitrogen and oxygen atoms in total. The van der Waals surface area contributed by atoms with E-state index < -0.39 is 0 Å². The third-order valence-electron chi connectivity index (χ3n) is 4.26. The number of hydrogen-bond acceptors (Lipinski definition) is 3. The second-order valence-electron chi connectivity index (χ2n) is 5.62. The quantitative estimate of drug-likeness (QED) is 0.944. The number of aliphatic hydroxyl groups excluding tert-OH is 1. The van der Waals surface area contributed by atoms with Gasteiger partial charge in [-0.1, -0.05) is 12.1 Å². The van der Waals surface area contributed by atoms with E-state index in [0.29, 0.717) is 0 Å². The Balaban J connectivity index is 2.14. The Morgan fingerprint density at radius 1 is 1.14 bits per heavy atom. The maximum absolute atomic E-state index is 12.3. The second-order valence-corrected chi connectivity index (χ2v) is 5.62. The van der Waals surface area contributed by atoms with Gasteiger partial charge in [0.15, 0.2) is 0 Å². The monoisotopic (exact) mass is 294 g/mol. The zero-order chi connectivity index (χ0) is 15.5. The molecule has 1 aliphatic carbocycles. The van der Waals surface area contributed by atoms with Gasteiger partial charge in [-0.15, -0.1) is 0 Å². The molecule has 0 amide bonds. The third kappa shape index (κ3) is 2.56. The van der Waals surface area contributed by atoms with Crippen molar-refractivity contribution in [1.29, 1.82) is 5.26 Å². The molecular formula is C18H18N2O2. The lowest BCUT2D eigenvalue weighted by atomic mass is 9.90. The van der Waals surface area contributed by atoms with Gasteiger partial charge in [0.1, 0.15) is 11.6 Å². The molecule has 0 fully saturated rings. The summed E-state index contributed by atoms with van der Waals surface area (Å²) >= 11 is 0. The molecule has 112 valence electrons. The van der Waals surface area contributed by atoms with Crippen molar-refractivity contribution in [2.75, 3.05) is 6.61 Å². The Kier molecular flexibility index (Phi) is 4.08. The Bertz CT molecular complexity index is 800. The van der Waals surface area contributed by atoms with Gasteiger partial charge in [-0.3, -0.25) is 4.79 Å². The summed E-state index contributed by atoms with van der Waals surface area (Å²) in [7, 11) is 0. The standard InChI is InChI=1S/C18H18N2O2/c19-12-16-7-8-17(20(9-10-21)18(16)22)15-6-5-13-3-1-2-4-14(13)11-15/h5-8,11,21H,1-4,9-10H2. The molecule has 1 aromatic heterocycles. The average Bonchev–Trinajstić information content (AvgIpc) is 2.56. The lowest BCUT2D eigenvalue weighted by Gasteiger charge is -2.18. The first kappa shape index (κ1) is 14.6. The highest BCUT2D eigenvalue weighted by Gasteiger charge is 2.14. The van der Waals surface area contributed by atoms with Crippen LogP contribution in [0.2, 0.25) is 0 Å². The molecule has 0 saturated heterocycles. The molecule has 2 aromatic rings. The van der Waals surface area contributed by atoms with Gasteiger partial charge < -0.3 is 9.67 Å². The van der Waals surface area contributed by atoms with Gasteiger partial charge in [-0.2, -0.15) is 5.26 Å². The van der Waals surface area contributed by atoms with Gasteiger partial charge in [0, 0.05) is 6.54 Å². The average molecular weight is 294 g/mol. The second kappa shape index (κ2) is 6.17. The van der Waals surface area contributed by atoms with E-state index in [1.54, 1.807) is 12.1 Å². The predicted octanol–water partition coefficient (Wildman–Crippen LogP) is 2.26. The molecule has 0 spiro atoms. The molecule has 1 N–H and O–H groups in total. The molecule has 0 aliphatic heterocycles. The van der Waals surface area contributed by atoms with Gasteiger partial charge in [-0.25, -0.2) is 0 Å².